The molecule has 118 valence electrons. The van der Waals surface area contributed by atoms with Crippen molar-refractivity contribution in [1.82, 2.24) is 0 Å². The average Bonchev–Trinajstić information content (AvgIpc) is 2.98. The number of non-ortho nitro benzene ring substituents is 1. The van der Waals surface area contributed by atoms with Crippen molar-refractivity contribution in [3.63, 3.8) is 0 Å². The number of amides is 1. The maximum Gasteiger partial charge on any atom is 0.271 e. The Bertz CT molecular complexity index is 756. The molecular formula is C17H16N2O4. The molecule has 0 aromatic heterocycles. The van der Waals surface area contributed by atoms with Crippen molar-refractivity contribution < 1.29 is 14.5 Å². The summed E-state index contributed by atoms with van der Waals surface area (Å²) in [5, 5.41) is 10.9. The van der Waals surface area contributed by atoms with Crippen LogP contribution in [-0.4, -0.2) is 24.5 Å². The van der Waals surface area contributed by atoms with Gasteiger partial charge in [0.05, 0.1) is 24.1 Å². The van der Waals surface area contributed by atoms with Crippen LogP contribution in [0, 0.1) is 10.1 Å². The zero-order valence-electron chi connectivity index (χ0n) is 12.7. The van der Waals surface area contributed by atoms with Gasteiger partial charge in [0.15, 0.2) is 0 Å². The van der Waals surface area contributed by atoms with Crippen molar-refractivity contribution in [3.05, 3.63) is 63.7 Å². The number of anilines is 1. The minimum absolute atomic E-state index is 0.00731. The highest BCUT2D eigenvalue weighted by Gasteiger charge is 2.26. The molecule has 2 aromatic rings. The van der Waals surface area contributed by atoms with Crippen LogP contribution in [0.25, 0.3) is 0 Å². The van der Waals surface area contributed by atoms with Gasteiger partial charge in [0.1, 0.15) is 5.75 Å². The number of benzene rings is 2. The Morgan fingerprint density at radius 3 is 2.65 bits per heavy atom. The van der Waals surface area contributed by atoms with Crippen LogP contribution in [0.1, 0.15) is 11.1 Å². The molecule has 1 aliphatic rings. The van der Waals surface area contributed by atoms with Crippen molar-refractivity contribution in [2.45, 2.75) is 12.8 Å². The number of hydrogen-bond acceptors (Lipinski definition) is 4. The molecule has 0 radical (unpaired) electrons. The Morgan fingerprint density at radius 1 is 1.26 bits per heavy atom. The van der Waals surface area contributed by atoms with Gasteiger partial charge in [0, 0.05) is 18.7 Å². The molecule has 0 bridgehead atoms. The summed E-state index contributed by atoms with van der Waals surface area (Å²) in [7, 11) is 1.59. The van der Waals surface area contributed by atoms with E-state index in [0.29, 0.717) is 12.2 Å². The molecule has 6 heteroatoms. The van der Waals surface area contributed by atoms with Crippen LogP contribution >= 0.6 is 0 Å². The number of ether oxygens (including phenoxy) is 1. The van der Waals surface area contributed by atoms with Crippen molar-refractivity contribution in [2.24, 2.45) is 0 Å². The van der Waals surface area contributed by atoms with Crippen LogP contribution in [0.4, 0.5) is 11.4 Å². The summed E-state index contributed by atoms with van der Waals surface area (Å²) in [6, 6.07) is 12.0. The number of nitro groups is 1. The lowest BCUT2D eigenvalue weighted by Crippen LogP contribution is -2.30. The van der Waals surface area contributed by atoms with Crippen molar-refractivity contribution in [3.8, 4) is 5.75 Å². The van der Waals surface area contributed by atoms with Gasteiger partial charge in [-0.05, 0) is 29.7 Å². The lowest BCUT2D eigenvalue weighted by Gasteiger charge is -2.17. The lowest BCUT2D eigenvalue weighted by atomic mass is 10.1. The smallest absolute Gasteiger partial charge is 0.271 e. The number of fused-ring (bicyclic) bond motifs is 1. The zero-order chi connectivity index (χ0) is 16.4. The third-order valence-electron chi connectivity index (χ3n) is 3.99. The van der Waals surface area contributed by atoms with E-state index in [2.05, 4.69) is 0 Å². The molecular weight excluding hydrogens is 296 g/mol. The Kier molecular flexibility index (Phi) is 3.97. The lowest BCUT2D eigenvalue weighted by molar-refractivity contribution is -0.384. The molecule has 1 amide bonds. The van der Waals surface area contributed by atoms with Crippen LogP contribution in [0.15, 0.2) is 42.5 Å². The fourth-order valence-corrected chi connectivity index (χ4v) is 2.75. The summed E-state index contributed by atoms with van der Waals surface area (Å²) in [4.78, 5) is 24.6. The normalized spacial score (nSPS) is 12.8. The molecule has 0 saturated heterocycles. The summed E-state index contributed by atoms with van der Waals surface area (Å²) in [5.41, 5.74) is 2.51. The van der Waals surface area contributed by atoms with Gasteiger partial charge in [-0.3, -0.25) is 14.9 Å². The second kappa shape index (κ2) is 6.08. The van der Waals surface area contributed by atoms with Crippen LogP contribution < -0.4 is 9.64 Å². The van der Waals surface area contributed by atoms with Gasteiger partial charge in [-0.2, -0.15) is 0 Å². The molecule has 0 atom stereocenters. The molecule has 0 fully saturated rings. The highest BCUT2D eigenvalue weighted by Crippen LogP contribution is 2.32. The summed E-state index contributed by atoms with van der Waals surface area (Å²) < 4.78 is 5.10. The molecule has 1 heterocycles. The first-order chi connectivity index (χ1) is 11.1. The van der Waals surface area contributed by atoms with E-state index in [1.54, 1.807) is 18.1 Å². The minimum atomic E-state index is -0.440. The zero-order valence-corrected chi connectivity index (χ0v) is 12.7. The first kappa shape index (κ1) is 15.0. The third kappa shape index (κ3) is 3.01. The molecule has 0 aliphatic carbocycles. The van der Waals surface area contributed by atoms with Gasteiger partial charge in [-0.1, -0.05) is 18.2 Å². The van der Waals surface area contributed by atoms with Gasteiger partial charge >= 0.3 is 0 Å². The summed E-state index contributed by atoms with van der Waals surface area (Å²) in [5.74, 6) is 0.678. The molecule has 0 unspecified atom stereocenters. The third-order valence-corrected chi connectivity index (χ3v) is 3.99. The first-order valence-electron chi connectivity index (χ1n) is 7.29. The first-order valence-corrected chi connectivity index (χ1v) is 7.29. The topological polar surface area (TPSA) is 72.7 Å². The maximum absolute atomic E-state index is 12.5. The van der Waals surface area contributed by atoms with Gasteiger partial charge in [-0.25, -0.2) is 0 Å². The van der Waals surface area contributed by atoms with Crippen LogP contribution in [0.5, 0.6) is 5.75 Å². The van der Waals surface area contributed by atoms with Crippen molar-refractivity contribution in [2.75, 3.05) is 18.6 Å². The molecule has 0 N–H and O–H groups in total. The van der Waals surface area contributed by atoms with Gasteiger partial charge in [0.2, 0.25) is 5.91 Å². The Labute approximate surface area is 133 Å². The fraction of sp³-hybridized carbons (Fsp3) is 0.235. The van der Waals surface area contributed by atoms with E-state index >= 15 is 0 Å². The number of rotatable bonds is 4. The van der Waals surface area contributed by atoms with E-state index < -0.39 is 4.92 Å². The predicted octanol–water partition coefficient (Wildman–Crippen LogP) is 2.74. The van der Waals surface area contributed by atoms with E-state index in [1.807, 2.05) is 24.3 Å². The molecule has 6 nitrogen and oxygen atoms in total. The predicted molar refractivity (Wildman–Crippen MR) is 85.9 cm³/mol. The average molecular weight is 312 g/mol. The monoisotopic (exact) mass is 312 g/mol. The molecule has 23 heavy (non-hydrogen) atoms. The Hall–Kier alpha value is -2.89. The number of carbonyl (C=O) groups is 1. The highest BCUT2D eigenvalue weighted by molar-refractivity contribution is 5.97. The molecule has 0 saturated carbocycles. The highest BCUT2D eigenvalue weighted by atomic mass is 16.6. The maximum atomic E-state index is 12.5. The van der Waals surface area contributed by atoms with Gasteiger partial charge in [0.25, 0.3) is 5.69 Å². The Balaban J connectivity index is 1.79. The molecule has 0 spiro atoms. The van der Waals surface area contributed by atoms with Crippen molar-refractivity contribution >= 4 is 17.3 Å². The molecule has 3 rings (SSSR count). The number of methoxy groups -OCH3 is 1. The minimum Gasteiger partial charge on any atom is -0.497 e. The standard InChI is InChI=1S/C17H16N2O4/c1-23-15-6-2-12(3-7-15)10-17(20)18-9-8-13-4-5-14(19(21)22)11-16(13)18/h2-7,11H,8-10H2,1H3. The van der Waals surface area contributed by atoms with Crippen LogP contribution in [0.2, 0.25) is 0 Å². The molecule has 1 aliphatic heterocycles. The van der Waals surface area contributed by atoms with E-state index in [9.17, 15) is 14.9 Å². The van der Waals surface area contributed by atoms with Crippen molar-refractivity contribution in [1.29, 1.82) is 0 Å². The fourth-order valence-electron chi connectivity index (χ4n) is 2.75. The summed E-state index contributed by atoms with van der Waals surface area (Å²) in [6.07, 6.45) is 0.980. The second-order valence-corrected chi connectivity index (χ2v) is 5.39. The van der Waals surface area contributed by atoms with Crippen LogP contribution in [-0.2, 0) is 17.6 Å². The van der Waals surface area contributed by atoms with E-state index in [4.69, 9.17) is 4.74 Å². The number of carbonyl (C=O) groups excluding carboxylic acids is 1. The Morgan fingerprint density at radius 2 is 2.00 bits per heavy atom. The summed E-state index contributed by atoms with van der Waals surface area (Å²) >= 11 is 0. The number of hydrogen-bond donors (Lipinski definition) is 0. The largest absolute Gasteiger partial charge is 0.497 e. The molecule has 2 aromatic carbocycles. The summed E-state index contributed by atoms with van der Waals surface area (Å²) in [6.45, 7) is 0.561. The van der Waals surface area contributed by atoms with E-state index in [0.717, 1.165) is 23.3 Å². The van der Waals surface area contributed by atoms with Crippen LogP contribution in [0.3, 0.4) is 0 Å². The number of nitro benzene ring substituents is 1. The SMILES string of the molecule is COc1ccc(CC(=O)N2CCc3ccc([N+](=O)[O-])cc32)cc1. The van der Waals surface area contributed by atoms with Gasteiger partial charge < -0.3 is 9.64 Å². The quantitative estimate of drug-likeness (QED) is 0.643. The second-order valence-electron chi connectivity index (χ2n) is 5.39. The van der Waals surface area contributed by atoms with E-state index in [-0.39, 0.29) is 18.0 Å². The number of nitrogens with zero attached hydrogens (tertiary/aromatic N) is 2. The van der Waals surface area contributed by atoms with E-state index in [1.165, 1.54) is 12.1 Å². The van der Waals surface area contributed by atoms with Gasteiger partial charge in [-0.15, -0.1) is 0 Å².